The first-order chi connectivity index (χ1) is 6.95. The molecule has 1 atom stereocenters. The Morgan fingerprint density at radius 3 is 2.14 bits per heavy atom. The SMILES string of the molecule is C1CCCC(CC2CCCS2)CCC1. The Bertz CT molecular complexity index is 141. The molecule has 0 bridgehead atoms. The quantitative estimate of drug-likeness (QED) is 0.643. The summed E-state index contributed by atoms with van der Waals surface area (Å²) < 4.78 is 0. The van der Waals surface area contributed by atoms with Crippen molar-refractivity contribution in [2.75, 3.05) is 5.75 Å². The Kier molecular flexibility index (Phi) is 4.69. The van der Waals surface area contributed by atoms with Crippen molar-refractivity contribution >= 4 is 11.8 Å². The molecule has 1 aliphatic heterocycles. The highest BCUT2D eigenvalue weighted by molar-refractivity contribution is 8.00. The van der Waals surface area contributed by atoms with Crippen LogP contribution in [0.15, 0.2) is 0 Å². The van der Waals surface area contributed by atoms with Crippen LogP contribution < -0.4 is 0 Å². The molecule has 0 N–H and O–H groups in total. The van der Waals surface area contributed by atoms with Crippen LogP contribution in [0, 0.1) is 5.92 Å². The van der Waals surface area contributed by atoms with E-state index in [0.29, 0.717) is 0 Å². The van der Waals surface area contributed by atoms with Gasteiger partial charge in [-0.25, -0.2) is 0 Å². The lowest BCUT2D eigenvalue weighted by molar-refractivity contribution is 0.354. The molecule has 1 saturated carbocycles. The molecule has 0 amide bonds. The summed E-state index contributed by atoms with van der Waals surface area (Å²) in [6, 6.07) is 0. The van der Waals surface area contributed by atoms with Crippen LogP contribution >= 0.6 is 11.8 Å². The Hall–Kier alpha value is 0.350. The molecule has 1 heteroatoms. The van der Waals surface area contributed by atoms with Gasteiger partial charge in [0.25, 0.3) is 0 Å². The summed E-state index contributed by atoms with van der Waals surface area (Å²) in [5.41, 5.74) is 0. The molecule has 0 spiro atoms. The third-order valence-electron chi connectivity index (χ3n) is 3.84. The van der Waals surface area contributed by atoms with E-state index in [1.165, 1.54) is 63.5 Å². The van der Waals surface area contributed by atoms with Crippen LogP contribution in [0.2, 0.25) is 0 Å². The summed E-state index contributed by atoms with van der Waals surface area (Å²) in [4.78, 5) is 0. The lowest BCUT2D eigenvalue weighted by atomic mass is 9.87. The van der Waals surface area contributed by atoms with E-state index in [0.717, 1.165) is 11.2 Å². The molecule has 1 heterocycles. The van der Waals surface area contributed by atoms with E-state index in [1.807, 2.05) is 0 Å². The zero-order valence-corrected chi connectivity index (χ0v) is 10.2. The van der Waals surface area contributed by atoms with E-state index < -0.39 is 0 Å². The third-order valence-corrected chi connectivity index (χ3v) is 5.27. The van der Waals surface area contributed by atoms with Crippen molar-refractivity contribution in [1.29, 1.82) is 0 Å². The third kappa shape index (κ3) is 3.49. The Morgan fingerprint density at radius 1 is 0.786 bits per heavy atom. The van der Waals surface area contributed by atoms with Crippen molar-refractivity contribution in [1.82, 2.24) is 0 Å². The molecule has 2 rings (SSSR count). The van der Waals surface area contributed by atoms with Gasteiger partial charge in [-0.15, -0.1) is 0 Å². The predicted molar refractivity (Wildman–Crippen MR) is 65.9 cm³/mol. The fraction of sp³-hybridized carbons (Fsp3) is 1.00. The lowest BCUT2D eigenvalue weighted by Gasteiger charge is -2.22. The molecular formula is C13H24S. The minimum atomic E-state index is 1.04. The van der Waals surface area contributed by atoms with E-state index in [2.05, 4.69) is 11.8 Å². The molecule has 0 aromatic rings. The Morgan fingerprint density at radius 2 is 1.50 bits per heavy atom. The van der Waals surface area contributed by atoms with Crippen LogP contribution in [0.1, 0.15) is 64.2 Å². The van der Waals surface area contributed by atoms with Gasteiger partial charge in [0.2, 0.25) is 0 Å². The summed E-state index contributed by atoms with van der Waals surface area (Å²) in [6.07, 6.45) is 15.2. The second kappa shape index (κ2) is 6.05. The standard InChI is InChI=1S/C13H24S/c1-2-4-7-12(8-5-3-1)11-13-9-6-10-14-13/h12-13H,1-11H2. The molecule has 2 fully saturated rings. The first-order valence-corrected chi connectivity index (χ1v) is 7.61. The maximum atomic E-state index is 2.25. The van der Waals surface area contributed by atoms with Crippen molar-refractivity contribution in [2.24, 2.45) is 5.92 Å². The molecule has 0 radical (unpaired) electrons. The summed E-state index contributed by atoms with van der Waals surface area (Å²) in [5.74, 6) is 2.53. The van der Waals surface area contributed by atoms with Crippen LogP contribution in [-0.2, 0) is 0 Å². The van der Waals surface area contributed by atoms with Gasteiger partial charge in [-0.1, -0.05) is 44.9 Å². The van der Waals surface area contributed by atoms with Gasteiger partial charge in [0.15, 0.2) is 0 Å². The Balaban J connectivity index is 1.70. The highest BCUT2D eigenvalue weighted by Crippen LogP contribution is 2.35. The van der Waals surface area contributed by atoms with Crippen LogP contribution in [0.25, 0.3) is 0 Å². The van der Waals surface area contributed by atoms with Crippen molar-refractivity contribution in [3.63, 3.8) is 0 Å². The van der Waals surface area contributed by atoms with Gasteiger partial charge < -0.3 is 0 Å². The molecule has 14 heavy (non-hydrogen) atoms. The van der Waals surface area contributed by atoms with E-state index in [-0.39, 0.29) is 0 Å². The minimum absolute atomic E-state index is 1.04. The molecule has 0 nitrogen and oxygen atoms in total. The number of rotatable bonds is 2. The van der Waals surface area contributed by atoms with Gasteiger partial charge in [-0.2, -0.15) is 11.8 Å². The van der Waals surface area contributed by atoms with Crippen molar-refractivity contribution < 1.29 is 0 Å². The molecule has 1 aliphatic carbocycles. The van der Waals surface area contributed by atoms with Gasteiger partial charge in [0.1, 0.15) is 0 Å². The molecule has 0 aromatic heterocycles. The fourth-order valence-corrected chi connectivity index (χ4v) is 4.39. The largest absolute Gasteiger partial charge is 0.159 e. The minimum Gasteiger partial charge on any atom is -0.159 e. The highest BCUT2D eigenvalue weighted by Gasteiger charge is 2.20. The van der Waals surface area contributed by atoms with E-state index in [1.54, 1.807) is 6.42 Å². The van der Waals surface area contributed by atoms with Gasteiger partial charge in [0.05, 0.1) is 0 Å². The van der Waals surface area contributed by atoms with E-state index in [4.69, 9.17) is 0 Å². The van der Waals surface area contributed by atoms with Crippen molar-refractivity contribution in [3.05, 3.63) is 0 Å². The zero-order valence-electron chi connectivity index (χ0n) is 9.34. The fourth-order valence-electron chi connectivity index (χ4n) is 2.98. The predicted octanol–water partition coefficient (Wildman–Crippen LogP) is 4.63. The molecule has 1 unspecified atom stereocenters. The van der Waals surface area contributed by atoms with Crippen LogP contribution in [0.4, 0.5) is 0 Å². The second-order valence-corrected chi connectivity index (χ2v) is 6.49. The number of thioether (sulfide) groups is 1. The smallest absolute Gasteiger partial charge is 0.00499 e. The number of hydrogen-bond acceptors (Lipinski definition) is 1. The lowest BCUT2D eigenvalue weighted by Crippen LogP contribution is -2.10. The zero-order chi connectivity index (χ0) is 9.64. The Labute approximate surface area is 93.2 Å². The van der Waals surface area contributed by atoms with Gasteiger partial charge in [-0.05, 0) is 30.9 Å². The first-order valence-electron chi connectivity index (χ1n) is 6.57. The van der Waals surface area contributed by atoms with E-state index in [9.17, 15) is 0 Å². The monoisotopic (exact) mass is 212 g/mol. The molecule has 82 valence electrons. The summed E-state index contributed by atoms with van der Waals surface area (Å²) in [5, 5.41) is 1.04. The molecule has 0 aromatic carbocycles. The maximum Gasteiger partial charge on any atom is 0.00499 e. The summed E-state index contributed by atoms with van der Waals surface area (Å²) in [6.45, 7) is 0. The van der Waals surface area contributed by atoms with Crippen molar-refractivity contribution in [3.8, 4) is 0 Å². The van der Waals surface area contributed by atoms with Gasteiger partial charge in [-0.3, -0.25) is 0 Å². The molecule has 2 aliphatic rings. The summed E-state index contributed by atoms with van der Waals surface area (Å²) in [7, 11) is 0. The van der Waals surface area contributed by atoms with Crippen LogP contribution in [0.5, 0.6) is 0 Å². The van der Waals surface area contributed by atoms with Gasteiger partial charge in [0, 0.05) is 5.25 Å². The van der Waals surface area contributed by atoms with Gasteiger partial charge >= 0.3 is 0 Å². The average Bonchev–Trinajstić information content (AvgIpc) is 2.62. The first kappa shape index (κ1) is 10.9. The number of hydrogen-bond donors (Lipinski definition) is 0. The molecular weight excluding hydrogens is 188 g/mol. The highest BCUT2D eigenvalue weighted by atomic mass is 32.2. The molecule has 1 saturated heterocycles. The normalized spacial score (nSPS) is 31.3. The topological polar surface area (TPSA) is 0 Å². The van der Waals surface area contributed by atoms with Crippen LogP contribution in [-0.4, -0.2) is 11.0 Å². The van der Waals surface area contributed by atoms with Crippen molar-refractivity contribution in [2.45, 2.75) is 69.5 Å². The second-order valence-electron chi connectivity index (χ2n) is 5.08. The van der Waals surface area contributed by atoms with Crippen LogP contribution in [0.3, 0.4) is 0 Å². The summed E-state index contributed by atoms with van der Waals surface area (Å²) >= 11 is 2.25. The average molecular weight is 212 g/mol. The maximum absolute atomic E-state index is 2.25. The van der Waals surface area contributed by atoms with E-state index >= 15 is 0 Å².